The van der Waals surface area contributed by atoms with Crippen LogP contribution in [0.25, 0.3) is 11.0 Å². The van der Waals surface area contributed by atoms with Crippen molar-refractivity contribution in [2.24, 2.45) is 5.92 Å². The highest BCUT2D eigenvalue weighted by atomic mass is 16.3. The molecule has 1 heterocycles. The molecule has 1 aliphatic rings. The molecule has 1 N–H and O–H groups in total. The minimum atomic E-state index is 0.795. The summed E-state index contributed by atoms with van der Waals surface area (Å²) in [6.07, 6.45) is 8.38. The third-order valence-electron chi connectivity index (χ3n) is 4.01. The molecule has 2 aromatic rings. The molecule has 0 radical (unpaired) electrons. The molecule has 2 nitrogen and oxygen atoms in total. The number of rotatable bonds is 4. The maximum atomic E-state index is 5.79. The van der Waals surface area contributed by atoms with Gasteiger partial charge in [-0.05, 0) is 44.7 Å². The van der Waals surface area contributed by atoms with Crippen LogP contribution in [-0.4, -0.2) is 6.54 Å². The van der Waals surface area contributed by atoms with E-state index < -0.39 is 0 Å². The number of para-hydroxylation sites is 1. The van der Waals surface area contributed by atoms with Gasteiger partial charge in [-0.2, -0.15) is 0 Å². The van der Waals surface area contributed by atoms with Crippen molar-refractivity contribution in [2.45, 2.75) is 32.7 Å². The molecule has 100 valence electrons. The van der Waals surface area contributed by atoms with Crippen LogP contribution in [0.2, 0.25) is 0 Å². The Labute approximate surface area is 114 Å². The van der Waals surface area contributed by atoms with Crippen LogP contribution in [0.4, 0.5) is 0 Å². The summed E-state index contributed by atoms with van der Waals surface area (Å²) in [6.45, 7) is 4.06. The summed E-state index contributed by atoms with van der Waals surface area (Å²) < 4.78 is 5.79. The van der Waals surface area contributed by atoms with E-state index in [2.05, 4.69) is 36.5 Å². The van der Waals surface area contributed by atoms with Crippen LogP contribution in [0.5, 0.6) is 0 Å². The first kappa shape index (κ1) is 12.5. The molecule has 0 aliphatic heterocycles. The second-order valence-electron chi connectivity index (χ2n) is 5.41. The molecule has 1 unspecified atom stereocenters. The Morgan fingerprint density at radius 1 is 1.26 bits per heavy atom. The molecule has 1 aromatic carbocycles. The predicted molar refractivity (Wildman–Crippen MR) is 79.1 cm³/mol. The van der Waals surface area contributed by atoms with Gasteiger partial charge in [-0.25, -0.2) is 0 Å². The number of aryl methyl sites for hydroxylation is 1. The normalized spacial score (nSPS) is 19.1. The largest absolute Gasteiger partial charge is 0.461 e. The highest BCUT2D eigenvalue weighted by Gasteiger charge is 2.12. The number of allylic oxidation sites excluding steroid dienone is 2. The zero-order valence-electron chi connectivity index (χ0n) is 11.5. The van der Waals surface area contributed by atoms with E-state index in [1.165, 1.54) is 30.2 Å². The summed E-state index contributed by atoms with van der Waals surface area (Å²) in [5.41, 5.74) is 2.30. The number of benzene rings is 1. The minimum Gasteiger partial charge on any atom is -0.461 e. The Balaban J connectivity index is 1.65. The van der Waals surface area contributed by atoms with Gasteiger partial charge in [-0.3, -0.25) is 0 Å². The van der Waals surface area contributed by atoms with Crippen molar-refractivity contribution in [1.82, 2.24) is 5.32 Å². The van der Waals surface area contributed by atoms with Crippen LogP contribution >= 0.6 is 0 Å². The lowest BCUT2D eigenvalue weighted by Gasteiger charge is -2.18. The van der Waals surface area contributed by atoms with Crippen molar-refractivity contribution < 1.29 is 4.42 Å². The first-order valence-electron chi connectivity index (χ1n) is 7.17. The highest BCUT2D eigenvalue weighted by Crippen LogP contribution is 2.25. The van der Waals surface area contributed by atoms with Gasteiger partial charge < -0.3 is 9.73 Å². The maximum Gasteiger partial charge on any atom is 0.134 e. The van der Waals surface area contributed by atoms with Crippen molar-refractivity contribution in [1.29, 1.82) is 0 Å². The van der Waals surface area contributed by atoms with Crippen LogP contribution < -0.4 is 5.32 Å². The van der Waals surface area contributed by atoms with E-state index in [9.17, 15) is 0 Å². The van der Waals surface area contributed by atoms with Crippen molar-refractivity contribution >= 4 is 11.0 Å². The summed E-state index contributed by atoms with van der Waals surface area (Å²) in [7, 11) is 0. The monoisotopic (exact) mass is 255 g/mol. The molecule has 2 heteroatoms. The molecule has 0 saturated heterocycles. The lowest BCUT2D eigenvalue weighted by Crippen LogP contribution is -2.23. The molecule has 0 saturated carbocycles. The predicted octanol–water partition coefficient (Wildman–Crippen LogP) is 4.19. The van der Waals surface area contributed by atoms with E-state index >= 15 is 0 Å². The molecular weight excluding hydrogens is 234 g/mol. The first-order valence-corrected chi connectivity index (χ1v) is 7.17. The van der Waals surface area contributed by atoms with E-state index in [1.807, 2.05) is 12.1 Å². The minimum absolute atomic E-state index is 0.795. The number of furan rings is 1. The standard InChI is InChI=1S/C17H21NO/c1-13-16(15-9-5-6-10-17(15)19-13)12-18-11-14-7-3-2-4-8-14/h2-3,5-6,9-10,14,18H,4,7-8,11-12H2,1H3. The van der Waals surface area contributed by atoms with Crippen molar-refractivity contribution in [3.05, 3.63) is 47.7 Å². The number of hydrogen-bond acceptors (Lipinski definition) is 2. The molecule has 0 bridgehead atoms. The van der Waals surface area contributed by atoms with Gasteiger partial charge in [0.2, 0.25) is 0 Å². The third kappa shape index (κ3) is 2.74. The lowest BCUT2D eigenvalue weighted by molar-refractivity contribution is 0.439. The number of nitrogens with one attached hydrogen (secondary N) is 1. The highest BCUT2D eigenvalue weighted by molar-refractivity contribution is 5.82. The molecule has 1 atom stereocenters. The lowest BCUT2D eigenvalue weighted by atomic mass is 9.94. The Morgan fingerprint density at radius 2 is 2.16 bits per heavy atom. The van der Waals surface area contributed by atoms with E-state index in [-0.39, 0.29) is 0 Å². The van der Waals surface area contributed by atoms with Crippen LogP contribution in [0, 0.1) is 12.8 Å². The zero-order chi connectivity index (χ0) is 13.1. The molecule has 0 amide bonds. The van der Waals surface area contributed by atoms with Gasteiger partial charge in [0, 0.05) is 17.5 Å². The maximum absolute atomic E-state index is 5.79. The average molecular weight is 255 g/mol. The topological polar surface area (TPSA) is 25.2 Å². The molecule has 1 aliphatic carbocycles. The van der Waals surface area contributed by atoms with Crippen molar-refractivity contribution in [3.63, 3.8) is 0 Å². The average Bonchev–Trinajstić information content (AvgIpc) is 2.76. The summed E-state index contributed by atoms with van der Waals surface area (Å²) in [6, 6.07) is 8.29. The SMILES string of the molecule is Cc1oc2ccccc2c1CNCC1CC=CCC1. The van der Waals surface area contributed by atoms with Crippen LogP contribution in [0.3, 0.4) is 0 Å². The van der Waals surface area contributed by atoms with E-state index in [1.54, 1.807) is 0 Å². The second kappa shape index (κ2) is 5.62. The summed E-state index contributed by atoms with van der Waals surface area (Å²) in [4.78, 5) is 0. The van der Waals surface area contributed by atoms with E-state index in [0.717, 1.165) is 30.4 Å². The molecule has 3 rings (SSSR count). The third-order valence-corrected chi connectivity index (χ3v) is 4.01. The van der Waals surface area contributed by atoms with Gasteiger partial charge in [-0.15, -0.1) is 0 Å². The first-order chi connectivity index (χ1) is 9.34. The summed E-state index contributed by atoms with van der Waals surface area (Å²) in [5.74, 6) is 1.83. The van der Waals surface area contributed by atoms with Crippen molar-refractivity contribution in [3.8, 4) is 0 Å². The fourth-order valence-corrected chi connectivity index (χ4v) is 2.88. The van der Waals surface area contributed by atoms with Gasteiger partial charge in [0.1, 0.15) is 11.3 Å². The Bertz CT molecular complexity index is 582. The van der Waals surface area contributed by atoms with Crippen LogP contribution in [-0.2, 0) is 6.54 Å². The number of fused-ring (bicyclic) bond motifs is 1. The van der Waals surface area contributed by atoms with Gasteiger partial charge in [0.05, 0.1) is 0 Å². The Kier molecular flexibility index (Phi) is 3.69. The fraction of sp³-hybridized carbons (Fsp3) is 0.412. The van der Waals surface area contributed by atoms with Crippen LogP contribution in [0.15, 0.2) is 40.8 Å². The fourth-order valence-electron chi connectivity index (χ4n) is 2.88. The molecule has 0 fully saturated rings. The van der Waals surface area contributed by atoms with Gasteiger partial charge in [0.15, 0.2) is 0 Å². The van der Waals surface area contributed by atoms with E-state index in [0.29, 0.717) is 0 Å². The number of hydrogen-bond donors (Lipinski definition) is 1. The van der Waals surface area contributed by atoms with Crippen LogP contribution in [0.1, 0.15) is 30.6 Å². The smallest absolute Gasteiger partial charge is 0.134 e. The molecule has 19 heavy (non-hydrogen) atoms. The quantitative estimate of drug-likeness (QED) is 0.829. The molecule has 1 aromatic heterocycles. The Morgan fingerprint density at radius 3 is 3.00 bits per heavy atom. The van der Waals surface area contributed by atoms with Crippen molar-refractivity contribution in [2.75, 3.05) is 6.54 Å². The van der Waals surface area contributed by atoms with Gasteiger partial charge in [-0.1, -0.05) is 30.4 Å². The van der Waals surface area contributed by atoms with Gasteiger partial charge >= 0.3 is 0 Å². The molecule has 0 spiro atoms. The molecular formula is C17H21NO. The van der Waals surface area contributed by atoms with Gasteiger partial charge in [0.25, 0.3) is 0 Å². The summed E-state index contributed by atoms with van der Waals surface area (Å²) >= 11 is 0. The summed E-state index contributed by atoms with van der Waals surface area (Å²) in [5, 5.41) is 4.84. The Hall–Kier alpha value is -1.54. The second-order valence-corrected chi connectivity index (χ2v) is 5.41. The zero-order valence-corrected chi connectivity index (χ0v) is 11.5. The van der Waals surface area contributed by atoms with E-state index in [4.69, 9.17) is 4.42 Å².